The third-order valence-corrected chi connectivity index (χ3v) is 3.62. The number of benzene rings is 2. The second kappa shape index (κ2) is 5.35. The van der Waals surface area contributed by atoms with Gasteiger partial charge >= 0.3 is 0 Å². The number of Topliss-reactive ketones (excluding diaryl/α,β-unsaturated/α-hetero) is 1. The predicted octanol–water partition coefficient (Wildman–Crippen LogP) is 4.15. The van der Waals surface area contributed by atoms with E-state index in [2.05, 4.69) is 0 Å². The molecule has 1 aliphatic heterocycles. The summed E-state index contributed by atoms with van der Waals surface area (Å²) in [6.07, 6.45) is 0. The summed E-state index contributed by atoms with van der Waals surface area (Å²) in [4.78, 5) is 11.4. The molecule has 0 saturated carbocycles. The fourth-order valence-electron chi connectivity index (χ4n) is 1.98. The molecule has 3 rings (SSSR count). The van der Waals surface area contributed by atoms with Crippen LogP contribution < -0.4 is 9.47 Å². The minimum Gasteiger partial charge on any atom is -0.489 e. The van der Waals surface area contributed by atoms with Crippen LogP contribution in [0, 0.1) is 0 Å². The van der Waals surface area contributed by atoms with E-state index >= 15 is 0 Å². The maximum atomic E-state index is 11.4. The van der Waals surface area contributed by atoms with Crippen LogP contribution in [0.3, 0.4) is 0 Å². The lowest BCUT2D eigenvalue weighted by Crippen LogP contribution is -1.98. The molecular formula is C15H10Cl2O3. The smallest absolute Gasteiger partial charge is 0.203 e. The van der Waals surface area contributed by atoms with E-state index in [-0.39, 0.29) is 12.4 Å². The Morgan fingerprint density at radius 3 is 2.85 bits per heavy atom. The van der Waals surface area contributed by atoms with Gasteiger partial charge in [0.25, 0.3) is 0 Å². The largest absolute Gasteiger partial charge is 0.489 e. The van der Waals surface area contributed by atoms with E-state index in [4.69, 9.17) is 32.7 Å². The second-order valence-electron chi connectivity index (χ2n) is 4.39. The number of ether oxygens (including phenoxy) is 2. The third kappa shape index (κ3) is 2.60. The molecule has 102 valence electrons. The molecule has 0 radical (unpaired) electrons. The van der Waals surface area contributed by atoms with Crippen LogP contribution in [-0.4, -0.2) is 12.4 Å². The normalized spacial score (nSPS) is 13.0. The molecule has 1 aliphatic rings. The Kier molecular flexibility index (Phi) is 3.55. The number of hydrogen-bond acceptors (Lipinski definition) is 3. The van der Waals surface area contributed by atoms with Crippen LogP contribution in [0.15, 0.2) is 36.4 Å². The van der Waals surface area contributed by atoms with E-state index in [9.17, 15) is 4.79 Å². The highest BCUT2D eigenvalue weighted by molar-refractivity contribution is 6.33. The summed E-state index contributed by atoms with van der Waals surface area (Å²) >= 11 is 12.0. The van der Waals surface area contributed by atoms with E-state index in [0.29, 0.717) is 33.7 Å². The lowest BCUT2D eigenvalue weighted by atomic mass is 10.1. The van der Waals surface area contributed by atoms with Crippen LogP contribution in [-0.2, 0) is 6.61 Å². The van der Waals surface area contributed by atoms with Crippen molar-refractivity contribution in [1.29, 1.82) is 0 Å². The summed E-state index contributed by atoms with van der Waals surface area (Å²) in [5, 5.41) is 1.21. The zero-order chi connectivity index (χ0) is 14.1. The first-order valence-electron chi connectivity index (χ1n) is 6.00. The van der Waals surface area contributed by atoms with Gasteiger partial charge in [-0.05, 0) is 30.3 Å². The van der Waals surface area contributed by atoms with Crippen LogP contribution in [0.4, 0.5) is 0 Å². The van der Waals surface area contributed by atoms with Gasteiger partial charge in [-0.3, -0.25) is 4.79 Å². The molecule has 3 nitrogen and oxygen atoms in total. The molecule has 1 heterocycles. The van der Waals surface area contributed by atoms with E-state index < -0.39 is 0 Å². The molecule has 0 aliphatic carbocycles. The Morgan fingerprint density at radius 2 is 2.00 bits per heavy atom. The molecule has 0 atom stereocenters. The van der Waals surface area contributed by atoms with Gasteiger partial charge in [-0.25, -0.2) is 0 Å². The number of fused-ring (bicyclic) bond motifs is 1. The number of hydrogen-bond donors (Lipinski definition) is 0. The summed E-state index contributed by atoms with van der Waals surface area (Å²) in [5.41, 5.74) is 1.40. The Hall–Kier alpha value is -1.71. The number of rotatable bonds is 3. The van der Waals surface area contributed by atoms with Gasteiger partial charge in [-0.2, -0.15) is 0 Å². The number of carbonyl (C=O) groups excluding carboxylic acids is 1. The first-order valence-corrected chi connectivity index (χ1v) is 6.76. The van der Waals surface area contributed by atoms with Gasteiger partial charge in [0.1, 0.15) is 18.1 Å². The Morgan fingerprint density at radius 1 is 1.15 bits per heavy atom. The van der Waals surface area contributed by atoms with Gasteiger partial charge in [0.2, 0.25) is 5.78 Å². The molecule has 5 heteroatoms. The fraction of sp³-hybridized carbons (Fsp3) is 0.133. The van der Waals surface area contributed by atoms with E-state index in [1.165, 1.54) is 0 Å². The van der Waals surface area contributed by atoms with Crippen molar-refractivity contribution in [3.63, 3.8) is 0 Å². The highest BCUT2D eigenvalue weighted by atomic mass is 35.5. The van der Waals surface area contributed by atoms with Crippen molar-refractivity contribution >= 4 is 29.0 Å². The molecular weight excluding hydrogens is 299 g/mol. The topological polar surface area (TPSA) is 35.5 Å². The van der Waals surface area contributed by atoms with E-state index in [0.717, 1.165) is 5.56 Å². The van der Waals surface area contributed by atoms with Crippen molar-refractivity contribution in [2.75, 3.05) is 6.61 Å². The minimum absolute atomic E-state index is 0.00978. The standard InChI is InChI=1S/C15H10Cl2O3/c16-10-1-4-13(17)9(5-10)7-19-11-2-3-12-14(18)8-20-15(12)6-11/h1-6H,7-8H2. The van der Waals surface area contributed by atoms with E-state index in [1.807, 2.05) is 0 Å². The summed E-state index contributed by atoms with van der Waals surface area (Å²) in [5.74, 6) is 1.17. The van der Waals surface area contributed by atoms with Gasteiger partial charge in [0, 0.05) is 21.7 Å². The van der Waals surface area contributed by atoms with Gasteiger partial charge in [-0.1, -0.05) is 23.2 Å². The average Bonchev–Trinajstić information content (AvgIpc) is 2.81. The summed E-state index contributed by atoms with van der Waals surface area (Å²) in [6, 6.07) is 10.4. The SMILES string of the molecule is O=C1COc2cc(OCc3cc(Cl)ccc3Cl)ccc21. The summed E-state index contributed by atoms with van der Waals surface area (Å²) in [6.45, 7) is 0.394. The maximum Gasteiger partial charge on any atom is 0.203 e. The lowest BCUT2D eigenvalue weighted by molar-refractivity contribution is 0.0961. The van der Waals surface area contributed by atoms with Crippen LogP contribution in [0.25, 0.3) is 0 Å². The van der Waals surface area contributed by atoms with Crippen LogP contribution in [0.2, 0.25) is 10.0 Å². The molecule has 0 spiro atoms. The molecule has 0 N–H and O–H groups in total. The number of ketones is 1. The van der Waals surface area contributed by atoms with Gasteiger partial charge < -0.3 is 9.47 Å². The highest BCUT2D eigenvalue weighted by Crippen LogP contribution is 2.30. The van der Waals surface area contributed by atoms with Gasteiger partial charge in [0.15, 0.2) is 6.61 Å². The molecule has 2 aromatic rings. The van der Waals surface area contributed by atoms with Crippen molar-refractivity contribution in [2.24, 2.45) is 0 Å². The Bertz CT molecular complexity index is 683. The van der Waals surface area contributed by atoms with Crippen molar-refractivity contribution in [2.45, 2.75) is 6.61 Å². The third-order valence-electron chi connectivity index (χ3n) is 3.01. The van der Waals surface area contributed by atoms with Crippen LogP contribution >= 0.6 is 23.2 Å². The molecule has 2 aromatic carbocycles. The van der Waals surface area contributed by atoms with E-state index in [1.54, 1.807) is 36.4 Å². The first-order chi connectivity index (χ1) is 9.63. The predicted molar refractivity (Wildman–Crippen MR) is 77.1 cm³/mol. The first kappa shape index (κ1) is 13.3. The zero-order valence-corrected chi connectivity index (χ0v) is 11.9. The molecule has 20 heavy (non-hydrogen) atoms. The second-order valence-corrected chi connectivity index (χ2v) is 5.24. The van der Waals surface area contributed by atoms with Crippen molar-refractivity contribution in [1.82, 2.24) is 0 Å². The molecule has 0 fully saturated rings. The highest BCUT2D eigenvalue weighted by Gasteiger charge is 2.21. The van der Waals surface area contributed by atoms with Crippen molar-refractivity contribution in [3.05, 3.63) is 57.6 Å². The molecule has 0 aromatic heterocycles. The molecule has 0 bridgehead atoms. The summed E-state index contributed by atoms with van der Waals surface area (Å²) < 4.78 is 10.9. The number of carbonyl (C=O) groups is 1. The zero-order valence-electron chi connectivity index (χ0n) is 10.4. The monoisotopic (exact) mass is 308 g/mol. The Labute approximate surface area is 126 Å². The molecule has 0 saturated heterocycles. The van der Waals surface area contributed by atoms with Crippen molar-refractivity contribution in [3.8, 4) is 11.5 Å². The Balaban J connectivity index is 1.76. The van der Waals surface area contributed by atoms with Crippen LogP contribution in [0.5, 0.6) is 11.5 Å². The van der Waals surface area contributed by atoms with Gasteiger partial charge in [0.05, 0.1) is 5.56 Å². The number of halogens is 2. The lowest BCUT2D eigenvalue weighted by Gasteiger charge is -2.09. The average molecular weight is 309 g/mol. The minimum atomic E-state index is -0.00978. The van der Waals surface area contributed by atoms with Gasteiger partial charge in [-0.15, -0.1) is 0 Å². The van der Waals surface area contributed by atoms with Crippen molar-refractivity contribution < 1.29 is 14.3 Å². The molecule has 0 amide bonds. The quantitative estimate of drug-likeness (QED) is 0.854. The maximum absolute atomic E-state index is 11.4. The summed E-state index contributed by atoms with van der Waals surface area (Å²) in [7, 11) is 0. The van der Waals surface area contributed by atoms with Crippen LogP contribution in [0.1, 0.15) is 15.9 Å². The fourth-order valence-corrected chi connectivity index (χ4v) is 2.35. The molecule has 0 unspecified atom stereocenters.